The molecule has 2 atom stereocenters. The van der Waals surface area contributed by atoms with Gasteiger partial charge in [-0.3, -0.25) is 0 Å². The van der Waals surface area contributed by atoms with E-state index in [0.717, 1.165) is 27.3 Å². The monoisotopic (exact) mass is 276 g/mol. The van der Waals surface area contributed by atoms with Gasteiger partial charge in [0.05, 0.1) is 0 Å². The van der Waals surface area contributed by atoms with E-state index in [1.165, 1.54) is 10.9 Å². The summed E-state index contributed by atoms with van der Waals surface area (Å²) in [6.45, 7) is 2.11. The van der Waals surface area contributed by atoms with Gasteiger partial charge in [0.2, 0.25) is 0 Å². The van der Waals surface area contributed by atoms with E-state index in [2.05, 4.69) is 37.3 Å². The van der Waals surface area contributed by atoms with Crippen LogP contribution >= 0.6 is 0 Å². The van der Waals surface area contributed by atoms with Gasteiger partial charge in [-0.05, 0) is 57.3 Å². The second kappa shape index (κ2) is 4.42. The van der Waals surface area contributed by atoms with Gasteiger partial charge in [0.15, 0.2) is 0 Å². The topological polar surface area (TPSA) is 40.5 Å². The van der Waals surface area contributed by atoms with Crippen LogP contribution in [0.15, 0.2) is 48.5 Å². The van der Waals surface area contributed by atoms with E-state index in [1.54, 1.807) is 6.08 Å². The number of hydrogen-bond donors (Lipinski definition) is 2. The van der Waals surface area contributed by atoms with Crippen LogP contribution in [0.5, 0.6) is 0 Å². The van der Waals surface area contributed by atoms with Crippen LogP contribution in [0.25, 0.3) is 27.6 Å². The summed E-state index contributed by atoms with van der Waals surface area (Å²) in [5, 5.41) is 24.8. The number of aliphatic hydroxyl groups excluding tert-OH is 2. The zero-order chi connectivity index (χ0) is 14.6. The van der Waals surface area contributed by atoms with Gasteiger partial charge >= 0.3 is 0 Å². The molecule has 2 unspecified atom stereocenters. The summed E-state index contributed by atoms with van der Waals surface area (Å²) in [4.78, 5) is 0. The molecule has 2 heteroatoms. The van der Waals surface area contributed by atoms with Crippen molar-refractivity contribution in [2.45, 2.75) is 19.1 Å². The molecule has 104 valence electrons. The minimum absolute atomic E-state index is 0.825. The van der Waals surface area contributed by atoms with Gasteiger partial charge in [0, 0.05) is 0 Å². The lowest BCUT2D eigenvalue weighted by Gasteiger charge is -2.24. The largest absolute Gasteiger partial charge is 0.386 e. The quantitative estimate of drug-likeness (QED) is 0.614. The molecule has 0 bridgehead atoms. The number of fused-ring (bicyclic) bond motifs is 4. The van der Waals surface area contributed by atoms with Crippen molar-refractivity contribution in [1.29, 1.82) is 0 Å². The molecule has 0 spiro atoms. The van der Waals surface area contributed by atoms with E-state index in [-0.39, 0.29) is 0 Å². The van der Waals surface area contributed by atoms with Crippen LogP contribution in [0.1, 0.15) is 22.8 Å². The fraction of sp³-hybridized carbons (Fsp3) is 0.158. The maximum Gasteiger partial charge on any atom is 0.110 e. The molecule has 0 amide bonds. The third-order valence-corrected chi connectivity index (χ3v) is 4.40. The zero-order valence-electron chi connectivity index (χ0n) is 11.7. The van der Waals surface area contributed by atoms with Crippen LogP contribution in [0.3, 0.4) is 0 Å². The molecule has 0 fully saturated rings. The van der Waals surface area contributed by atoms with Crippen LogP contribution < -0.4 is 0 Å². The van der Waals surface area contributed by atoms with Crippen molar-refractivity contribution in [2.24, 2.45) is 0 Å². The van der Waals surface area contributed by atoms with Crippen LogP contribution in [0.4, 0.5) is 0 Å². The highest BCUT2D eigenvalue weighted by molar-refractivity contribution is 6.02. The average molecular weight is 276 g/mol. The molecule has 21 heavy (non-hydrogen) atoms. The molecule has 0 saturated heterocycles. The lowest BCUT2D eigenvalue weighted by atomic mass is 9.87. The predicted octanol–water partition coefficient (Wildman–Crippen LogP) is 3.72. The highest BCUT2D eigenvalue weighted by atomic mass is 16.3. The van der Waals surface area contributed by atoms with Crippen molar-refractivity contribution in [3.63, 3.8) is 0 Å². The highest BCUT2D eigenvalue weighted by Crippen LogP contribution is 2.36. The summed E-state index contributed by atoms with van der Waals surface area (Å²) in [5.41, 5.74) is 3.05. The summed E-state index contributed by atoms with van der Waals surface area (Å²) in [7, 11) is 0. The van der Waals surface area contributed by atoms with Gasteiger partial charge in [0.25, 0.3) is 0 Å². The van der Waals surface area contributed by atoms with Crippen LogP contribution in [0, 0.1) is 6.92 Å². The molecule has 0 aliphatic heterocycles. The predicted molar refractivity (Wildman–Crippen MR) is 86.2 cm³/mol. The normalized spacial score (nSPS) is 20.9. The van der Waals surface area contributed by atoms with E-state index in [9.17, 15) is 10.2 Å². The molecule has 3 aromatic rings. The van der Waals surface area contributed by atoms with Crippen LogP contribution in [-0.2, 0) is 0 Å². The molecule has 0 aromatic heterocycles. The fourth-order valence-corrected chi connectivity index (χ4v) is 3.25. The van der Waals surface area contributed by atoms with E-state index >= 15 is 0 Å². The molecule has 1 aliphatic carbocycles. The molecule has 4 rings (SSSR count). The Bertz CT molecular complexity index is 893. The highest BCUT2D eigenvalue weighted by Gasteiger charge is 2.24. The maximum atomic E-state index is 10.4. The first-order valence-electron chi connectivity index (χ1n) is 7.15. The van der Waals surface area contributed by atoms with Crippen molar-refractivity contribution < 1.29 is 10.2 Å². The number of benzene rings is 3. The first-order chi connectivity index (χ1) is 10.1. The number of aliphatic hydroxyl groups is 2. The van der Waals surface area contributed by atoms with Gasteiger partial charge in [-0.2, -0.15) is 0 Å². The molecule has 3 aromatic carbocycles. The minimum Gasteiger partial charge on any atom is -0.386 e. The molecule has 0 heterocycles. The van der Waals surface area contributed by atoms with Crippen LogP contribution in [-0.4, -0.2) is 16.3 Å². The molecule has 1 aliphatic rings. The zero-order valence-corrected chi connectivity index (χ0v) is 11.7. The Balaban J connectivity index is 2.13. The van der Waals surface area contributed by atoms with Crippen molar-refractivity contribution >= 4 is 27.6 Å². The smallest absolute Gasteiger partial charge is 0.110 e. The third-order valence-electron chi connectivity index (χ3n) is 4.40. The van der Waals surface area contributed by atoms with E-state index in [0.29, 0.717) is 0 Å². The van der Waals surface area contributed by atoms with Gasteiger partial charge in [0.1, 0.15) is 12.2 Å². The number of rotatable bonds is 0. The Labute approximate surface area is 123 Å². The molecule has 0 saturated carbocycles. The van der Waals surface area contributed by atoms with Gasteiger partial charge in [-0.15, -0.1) is 0 Å². The number of hydrogen-bond acceptors (Lipinski definition) is 2. The van der Waals surface area contributed by atoms with Gasteiger partial charge in [-0.1, -0.05) is 42.5 Å². The van der Waals surface area contributed by atoms with Crippen LogP contribution in [0.2, 0.25) is 0 Å². The summed E-state index contributed by atoms with van der Waals surface area (Å²) >= 11 is 0. The Morgan fingerprint density at radius 3 is 2.52 bits per heavy atom. The second-order valence-corrected chi connectivity index (χ2v) is 5.73. The van der Waals surface area contributed by atoms with Crippen molar-refractivity contribution in [3.8, 4) is 0 Å². The van der Waals surface area contributed by atoms with Crippen molar-refractivity contribution in [1.82, 2.24) is 0 Å². The van der Waals surface area contributed by atoms with Crippen molar-refractivity contribution in [2.75, 3.05) is 0 Å². The van der Waals surface area contributed by atoms with Gasteiger partial charge < -0.3 is 10.2 Å². The standard InChI is InChI=1S/C19H16O2/c1-11-3-2-4-13-10-16-14(9-15(11)13)6-5-12-7-8-17(20)19(21)18(12)16/h2-10,17,19-21H,1H3. The second-order valence-electron chi connectivity index (χ2n) is 5.73. The van der Waals surface area contributed by atoms with Gasteiger partial charge in [-0.25, -0.2) is 0 Å². The minimum atomic E-state index is -0.865. The SMILES string of the molecule is Cc1cccc2cc3c4c(ccc3cc12)C=CC(O)C4O. The third kappa shape index (κ3) is 1.80. The molecule has 0 radical (unpaired) electrons. The summed E-state index contributed by atoms with van der Waals surface area (Å²) < 4.78 is 0. The van der Waals surface area contributed by atoms with E-state index < -0.39 is 12.2 Å². The first kappa shape index (κ1) is 12.6. The van der Waals surface area contributed by atoms with E-state index in [1.807, 2.05) is 18.2 Å². The Morgan fingerprint density at radius 2 is 1.67 bits per heavy atom. The Hall–Kier alpha value is -2.16. The summed E-state index contributed by atoms with van der Waals surface area (Å²) in [5.74, 6) is 0. The fourth-order valence-electron chi connectivity index (χ4n) is 3.25. The average Bonchev–Trinajstić information content (AvgIpc) is 2.49. The first-order valence-corrected chi connectivity index (χ1v) is 7.15. The Kier molecular flexibility index (Phi) is 2.64. The number of aryl methyl sites for hydroxylation is 1. The lowest BCUT2D eigenvalue weighted by Crippen LogP contribution is -2.19. The summed E-state index contributed by atoms with van der Waals surface area (Å²) in [6, 6.07) is 14.6. The molecular formula is C19H16O2. The molecular weight excluding hydrogens is 260 g/mol. The molecule has 2 nitrogen and oxygen atoms in total. The Morgan fingerprint density at radius 1 is 0.905 bits per heavy atom. The maximum absolute atomic E-state index is 10.4. The van der Waals surface area contributed by atoms with Crippen molar-refractivity contribution in [3.05, 3.63) is 65.2 Å². The molecule has 2 N–H and O–H groups in total. The van der Waals surface area contributed by atoms with E-state index in [4.69, 9.17) is 0 Å². The summed E-state index contributed by atoms with van der Waals surface area (Å²) in [6.07, 6.45) is 1.82. The lowest BCUT2D eigenvalue weighted by molar-refractivity contribution is 0.0480.